The fourth-order valence-corrected chi connectivity index (χ4v) is 3.91. The molecule has 0 aliphatic heterocycles. The molecule has 6 nitrogen and oxygen atoms in total. The molecule has 0 atom stereocenters. The minimum absolute atomic E-state index is 0.0360. The quantitative estimate of drug-likeness (QED) is 0.647. The van der Waals surface area contributed by atoms with Crippen LogP contribution in [0.1, 0.15) is 12.5 Å². The van der Waals surface area contributed by atoms with Gasteiger partial charge in [0.15, 0.2) is 0 Å². The van der Waals surface area contributed by atoms with Gasteiger partial charge in [0, 0.05) is 26.2 Å². The Kier molecular flexibility index (Phi) is 7.40. The van der Waals surface area contributed by atoms with Gasteiger partial charge >= 0.3 is 0 Å². The Balaban J connectivity index is 2.09. The summed E-state index contributed by atoms with van der Waals surface area (Å²) in [5, 5.41) is 0.166. The molecule has 0 bridgehead atoms. The van der Waals surface area contributed by atoms with Gasteiger partial charge in [0.2, 0.25) is 15.9 Å². The summed E-state index contributed by atoms with van der Waals surface area (Å²) in [5.74, 6) is -0.509. The first-order valence-corrected chi connectivity index (χ1v) is 10.3. The van der Waals surface area contributed by atoms with Crippen molar-refractivity contribution in [3.05, 3.63) is 58.9 Å². The zero-order valence-corrected chi connectivity index (χ0v) is 17.4. The van der Waals surface area contributed by atoms with E-state index in [4.69, 9.17) is 16.3 Å². The van der Waals surface area contributed by atoms with Crippen LogP contribution in [0.25, 0.3) is 0 Å². The van der Waals surface area contributed by atoms with Crippen LogP contribution < -0.4 is 4.74 Å². The SMILES string of the molecule is CCOc1ccc(S(=O)(=O)N(C)CC(=O)N(C)Cc2ccccc2F)cc1Cl. The molecule has 0 saturated heterocycles. The molecule has 28 heavy (non-hydrogen) atoms. The highest BCUT2D eigenvalue weighted by Crippen LogP contribution is 2.28. The van der Waals surface area contributed by atoms with E-state index in [0.717, 1.165) is 4.31 Å². The predicted octanol–water partition coefficient (Wildman–Crippen LogP) is 3.16. The summed E-state index contributed by atoms with van der Waals surface area (Å²) in [7, 11) is -1.14. The van der Waals surface area contributed by atoms with Crippen molar-refractivity contribution in [1.82, 2.24) is 9.21 Å². The number of sulfonamides is 1. The summed E-state index contributed by atoms with van der Waals surface area (Å²) < 4.78 is 45.4. The molecule has 0 unspecified atom stereocenters. The lowest BCUT2D eigenvalue weighted by Gasteiger charge is -2.22. The van der Waals surface area contributed by atoms with Gasteiger partial charge in [0.1, 0.15) is 11.6 Å². The lowest BCUT2D eigenvalue weighted by molar-refractivity contribution is -0.130. The number of benzene rings is 2. The number of halogens is 2. The first-order valence-electron chi connectivity index (χ1n) is 8.53. The van der Waals surface area contributed by atoms with E-state index in [1.54, 1.807) is 25.1 Å². The van der Waals surface area contributed by atoms with E-state index >= 15 is 0 Å². The van der Waals surface area contributed by atoms with Crippen molar-refractivity contribution in [3.8, 4) is 5.75 Å². The Bertz CT molecular complexity index is 953. The van der Waals surface area contributed by atoms with Crippen molar-refractivity contribution < 1.29 is 22.3 Å². The Morgan fingerprint density at radius 1 is 1.18 bits per heavy atom. The van der Waals surface area contributed by atoms with Gasteiger partial charge in [-0.1, -0.05) is 29.8 Å². The Hall–Kier alpha value is -2.16. The molecular weight excluding hydrogens is 407 g/mol. The number of amides is 1. The number of nitrogens with zero attached hydrogens (tertiary/aromatic N) is 2. The molecule has 2 aromatic rings. The zero-order chi connectivity index (χ0) is 20.9. The number of likely N-dealkylation sites (N-methyl/N-ethyl adjacent to an activating group) is 2. The highest BCUT2D eigenvalue weighted by atomic mass is 35.5. The fraction of sp³-hybridized carbons (Fsp3) is 0.316. The molecule has 152 valence electrons. The summed E-state index contributed by atoms with van der Waals surface area (Å²) in [6.45, 7) is 1.83. The molecule has 0 heterocycles. The van der Waals surface area contributed by atoms with E-state index < -0.39 is 28.3 Å². The fourth-order valence-electron chi connectivity index (χ4n) is 2.46. The van der Waals surface area contributed by atoms with Crippen molar-refractivity contribution in [1.29, 1.82) is 0 Å². The second-order valence-electron chi connectivity index (χ2n) is 6.13. The Labute approximate surface area is 169 Å². The van der Waals surface area contributed by atoms with Gasteiger partial charge in [-0.15, -0.1) is 0 Å². The van der Waals surface area contributed by atoms with E-state index in [1.807, 2.05) is 0 Å². The summed E-state index contributed by atoms with van der Waals surface area (Å²) in [5.41, 5.74) is 0.349. The maximum absolute atomic E-state index is 13.7. The first kappa shape index (κ1) is 22.1. The number of ether oxygens (including phenoxy) is 1. The predicted molar refractivity (Wildman–Crippen MR) is 105 cm³/mol. The molecule has 2 rings (SSSR count). The Morgan fingerprint density at radius 3 is 2.46 bits per heavy atom. The van der Waals surface area contributed by atoms with Crippen LogP contribution in [0, 0.1) is 5.82 Å². The third kappa shape index (κ3) is 5.21. The maximum atomic E-state index is 13.7. The molecule has 1 amide bonds. The van der Waals surface area contributed by atoms with E-state index in [9.17, 15) is 17.6 Å². The summed E-state index contributed by atoms with van der Waals surface area (Å²) >= 11 is 6.06. The molecule has 0 radical (unpaired) electrons. The molecule has 0 aromatic heterocycles. The van der Waals surface area contributed by atoms with Gasteiger partial charge in [-0.25, -0.2) is 12.8 Å². The van der Waals surface area contributed by atoms with Crippen LogP contribution in [0.3, 0.4) is 0 Å². The van der Waals surface area contributed by atoms with E-state index in [2.05, 4.69) is 0 Å². The highest BCUT2D eigenvalue weighted by Gasteiger charge is 2.25. The number of carbonyl (C=O) groups excluding carboxylic acids is 1. The molecule has 0 aliphatic rings. The number of rotatable bonds is 8. The highest BCUT2D eigenvalue weighted by molar-refractivity contribution is 7.89. The number of hydrogen-bond acceptors (Lipinski definition) is 4. The lowest BCUT2D eigenvalue weighted by Crippen LogP contribution is -2.39. The summed E-state index contributed by atoms with van der Waals surface area (Å²) in [6, 6.07) is 10.2. The van der Waals surface area contributed by atoms with Gasteiger partial charge in [0.05, 0.1) is 23.1 Å². The zero-order valence-electron chi connectivity index (χ0n) is 15.9. The second kappa shape index (κ2) is 9.36. The van der Waals surface area contributed by atoms with Crippen LogP contribution in [-0.2, 0) is 21.4 Å². The largest absolute Gasteiger partial charge is 0.492 e. The third-order valence-electron chi connectivity index (χ3n) is 4.06. The van der Waals surface area contributed by atoms with Crippen LogP contribution in [-0.4, -0.2) is 50.8 Å². The van der Waals surface area contributed by atoms with Gasteiger partial charge in [-0.05, 0) is 31.2 Å². The molecule has 0 fully saturated rings. The maximum Gasteiger partial charge on any atom is 0.243 e. The van der Waals surface area contributed by atoms with Gasteiger partial charge in [-0.3, -0.25) is 4.79 Å². The van der Waals surface area contributed by atoms with Crippen LogP contribution in [0.5, 0.6) is 5.75 Å². The average molecular weight is 429 g/mol. The first-order chi connectivity index (χ1) is 13.2. The monoisotopic (exact) mass is 428 g/mol. The topological polar surface area (TPSA) is 66.9 Å². The minimum Gasteiger partial charge on any atom is -0.492 e. The minimum atomic E-state index is -3.93. The van der Waals surface area contributed by atoms with Gasteiger partial charge in [0.25, 0.3) is 0 Å². The average Bonchev–Trinajstić information content (AvgIpc) is 2.65. The smallest absolute Gasteiger partial charge is 0.243 e. The standard InChI is InChI=1S/C19H22ClFN2O4S/c1-4-27-18-10-9-15(11-16(18)20)28(25,26)23(3)13-19(24)22(2)12-14-7-5-6-8-17(14)21/h5-11H,4,12-13H2,1-3H3. The molecule has 9 heteroatoms. The van der Waals surface area contributed by atoms with Crippen LogP contribution >= 0.6 is 11.6 Å². The molecule has 2 aromatic carbocycles. The van der Waals surface area contributed by atoms with Gasteiger partial charge in [-0.2, -0.15) is 4.31 Å². The molecule has 0 spiro atoms. The van der Waals surface area contributed by atoms with Crippen LogP contribution in [0.2, 0.25) is 5.02 Å². The van der Waals surface area contributed by atoms with Crippen LogP contribution in [0.4, 0.5) is 4.39 Å². The second-order valence-corrected chi connectivity index (χ2v) is 8.58. The normalized spacial score (nSPS) is 11.5. The van der Waals surface area contributed by atoms with Crippen molar-refractivity contribution in [2.24, 2.45) is 0 Å². The van der Waals surface area contributed by atoms with Crippen molar-refractivity contribution in [3.63, 3.8) is 0 Å². The molecule has 0 N–H and O–H groups in total. The molecular formula is C19H22ClFN2O4S. The Morgan fingerprint density at radius 2 is 1.86 bits per heavy atom. The van der Waals surface area contributed by atoms with Gasteiger partial charge < -0.3 is 9.64 Å². The summed E-state index contributed by atoms with van der Waals surface area (Å²) in [4.78, 5) is 13.6. The lowest BCUT2D eigenvalue weighted by atomic mass is 10.2. The molecule has 0 saturated carbocycles. The number of carbonyl (C=O) groups is 1. The van der Waals surface area contributed by atoms with E-state index in [1.165, 1.54) is 43.3 Å². The number of hydrogen-bond donors (Lipinski definition) is 0. The van der Waals surface area contributed by atoms with E-state index in [-0.39, 0.29) is 16.5 Å². The third-order valence-corrected chi connectivity index (χ3v) is 6.16. The summed E-state index contributed by atoms with van der Waals surface area (Å²) in [6.07, 6.45) is 0. The van der Waals surface area contributed by atoms with Crippen LogP contribution in [0.15, 0.2) is 47.4 Å². The van der Waals surface area contributed by atoms with E-state index in [0.29, 0.717) is 17.9 Å². The molecule has 0 aliphatic carbocycles. The van der Waals surface area contributed by atoms with Crippen molar-refractivity contribution in [2.45, 2.75) is 18.4 Å². The van der Waals surface area contributed by atoms with Crippen molar-refractivity contribution >= 4 is 27.5 Å². The van der Waals surface area contributed by atoms with Crippen molar-refractivity contribution in [2.75, 3.05) is 27.2 Å².